The normalized spacial score (nSPS) is 22.7. The molecule has 0 aliphatic carbocycles. The number of amides is 1. The summed E-state index contributed by atoms with van der Waals surface area (Å²) in [7, 11) is 0. The van der Waals surface area contributed by atoms with Crippen molar-refractivity contribution in [3.05, 3.63) is 0 Å². The van der Waals surface area contributed by atoms with E-state index in [0.717, 1.165) is 19.6 Å². The van der Waals surface area contributed by atoms with E-state index in [9.17, 15) is 4.79 Å². The molecule has 1 fully saturated rings. The molecule has 0 aromatic carbocycles. The fraction of sp³-hybridized carbons (Fsp3) is 0.929. The molecule has 0 aromatic heterocycles. The molecule has 4 heteroatoms. The smallest absolute Gasteiger partial charge is 0.237 e. The van der Waals surface area contributed by atoms with E-state index in [1.165, 1.54) is 12.8 Å². The molecule has 0 radical (unpaired) electrons. The third kappa shape index (κ3) is 4.58. The summed E-state index contributed by atoms with van der Waals surface area (Å²) in [6.07, 6.45) is 2.42. The van der Waals surface area contributed by atoms with Gasteiger partial charge in [-0.05, 0) is 31.2 Å². The molecular formula is C14H29N3O. The van der Waals surface area contributed by atoms with Gasteiger partial charge in [0, 0.05) is 19.1 Å². The molecule has 1 aliphatic heterocycles. The third-order valence-corrected chi connectivity index (χ3v) is 3.63. The SMILES string of the molecule is CC(C)CN1CCC[C@@H]1CNC(=O)[C@@H](N)C(C)C. The lowest BCUT2D eigenvalue weighted by Crippen LogP contribution is -2.48. The molecule has 0 saturated carbocycles. The number of nitrogens with one attached hydrogen (secondary N) is 1. The maximum Gasteiger partial charge on any atom is 0.237 e. The molecule has 0 unspecified atom stereocenters. The van der Waals surface area contributed by atoms with E-state index in [0.29, 0.717) is 12.0 Å². The Balaban J connectivity index is 2.36. The Morgan fingerprint density at radius 2 is 2.06 bits per heavy atom. The monoisotopic (exact) mass is 255 g/mol. The quantitative estimate of drug-likeness (QED) is 0.750. The Kier molecular flexibility index (Phi) is 6.09. The van der Waals surface area contributed by atoms with Gasteiger partial charge in [-0.25, -0.2) is 0 Å². The summed E-state index contributed by atoms with van der Waals surface area (Å²) in [4.78, 5) is 14.3. The minimum Gasteiger partial charge on any atom is -0.353 e. The van der Waals surface area contributed by atoms with Crippen molar-refractivity contribution in [3.8, 4) is 0 Å². The van der Waals surface area contributed by atoms with Crippen molar-refractivity contribution in [2.75, 3.05) is 19.6 Å². The van der Waals surface area contributed by atoms with Crippen molar-refractivity contribution >= 4 is 5.91 Å². The fourth-order valence-corrected chi connectivity index (χ4v) is 2.47. The summed E-state index contributed by atoms with van der Waals surface area (Å²) in [5, 5.41) is 3.00. The maximum absolute atomic E-state index is 11.8. The molecule has 18 heavy (non-hydrogen) atoms. The molecule has 1 saturated heterocycles. The molecule has 1 amide bonds. The predicted octanol–water partition coefficient (Wildman–Crippen LogP) is 1.21. The lowest BCUT2D eigenvalue weighted by molar-refractivity contribution is -0.123. The van der Waals surface area contributed by atoms with Gasteiger partial charge in [-0.3, -0.25) is 9.69 Å². The second kappa shape index (κ2) is 7.10. The van der Waals surface area contributed by atoms with Crippen molar-refractivity contribution in [1.82, 2.24) is 10.2 Å². The van der Waals surface area contributed by atoms with Crippen LogP contribution in [-0.2, 0) is 4.79 Å². The van der Waals surface area contributed by atoms with E-state index in [1.54, 1.807) is 0 Å². The number of hydrogen-bond donors (Lipinski definition) is 2. The first-order chi connectivity index (χ1) is 8.41. The molecule has 2 atom stereocenters. The Labute approximate surface area is 111 Å². The van der Waals surface area contributed by atoms with Crippen molar-refractivity contribution in [1.29, 1.82) is 0 Å². The fourth-order valence-electron chi connectivity index (χ4n) is 2.47. The minimum atomic E-state index is -0.384. The standard InChI is InChI=1S/C14H29N3O/c1-10(2)9-17-7-5-6-12(17)8-16-14(18)13(15)11(3)4/h10-13H,5-9,15H2,1-4H3,(H,16,18)/t12-,13+/m1/s1. The molecule has 3 N–H and O–H groups in total. The van der Waals surface area contributed by atoms with Gasteiger partial charge < -0.3 is 11.1 Å². The summed E-state index contributed by atoms with van der Waals surface area (Å²) in [5.74, 6) is 0.862. The van der Waals surface area contributed by atoms with Crippen molar-refractivity contribution < 1.29 is 4.79 Å². The number of carbonyl (C=O) groups is 1. The largest absolute Gasteiger partial charge is 0.353 e. The number of carbonyl (C=O) groups excluding carboxylic acids is 1. The van der Waals surface area contributed by atoms with Crippen LogP contribution >= 0.6 is 0 Å². The van der Waals surface area contributed by atoms with E-state index in [1.807, 2.05) is 13.8 Å². The number of nitrogens with two attached hydrogens (primary N) is 1. The van der Waals surface area contributed by atoms with Gasteiger partial charge in [0.05, 0.1) is 6.04 Å². The van der Waals surface area contributed by atoms with Gasteiger partial charge in [0.15, 0.2) is 0 Å². The maximum atomic E-state index is 11.8. The van der Waals surface area contributed by atoms with Crippen LogP contribution in [0.1, 0.15) is 40.5 Å². The first-order valence-electron chi connectivity index (χ1n) is 7.19. The molecule has 0 aromatic rings. The zero-order valence-corrected chi connectivity index (χ0v) is 12.3. The number of likely N-dealkylation sites (tertiary alicyclic amines) is 1. The second-order valence-electron chi connectivity index (χ2n) is 6.20. The van der Waals surface area contributed by atoms with E-state index < -0.39 is 0 Å². The van der Waals surface area contributed by atoms with Crippen LogP contribution in [0.4, 0.5) is 0 Å². The Bertz CT molecular complexity index is 266. The minimum absolute atomic E-state index is 0.0126. The number of rotatable bonds is 6. The molecule has 106 valence electrons. The molecule has 0 bridgehead atoms. The van der Waals surface area contributed by atoms with E-state index in [-0.39, 0.29) is 17.9 Å². The van der Waals surface area contributed by atoms with Gasteiger partial charge in [0.1, 0.15) is 0 Å². The first kappa shape index (κ1) is 15.4. The highest BCUT2D eigenvalue weighted by molar-refractivity contribution is 5.81. The van der Waals surface area contributed by atoms with Crippen LogP contribution in [-0.4, -0.2) is 42.5 Å². The molecule has 1 aliphatic rings. The van der Waals surface area contributed by atoms with Gasteiger partial charge in [-0.15, -0.1) is 0 Å². The molecule has 1 rings (SSSR count). The van der Waals surface area contributed by atoms with Gasteiger partial charge in [0.25, 0.3) is 0 Å². The summed E-state index contributed by atoms with van der Waals surface area (Å²) in [5.41, 5.74) is 5.83. The molecule has 1 heterocycles. The van der Waals surface area contributed by atoms with Crippen LogP contribution in [0.2, 0.25) is 0 Å². The Hall–Kier alpha value is -0.610. The van der Waals surface area contributed by atoms with Crippen molar-refractivity contribution in [2.45, 2.75) is 52.6 Å². The Morgan fingerprint density at radius 1 is 1.39 bits per heavy atom. The molecule has 0 spiro atoms. The molecule has 4 nitrogen and oxygen atoms in total. The van der Waals surface area contributed by atoms with Crippen LogP contribution in [0.3, 0.4) is 0 Å². The number of nitrogens with zero attached hydrogens (tertiary/aromatic N) is 1. The van der Waals surface area contributed by atoms with Gasteiger partial charge in [-0.2, -0.15) is 0 Å². The van der Waals surface area contributed by atoms with Crippen LogP contribution in [0.15, 0.2) is 0 Å². The lowest BCUT2D eigenvalue weighted by atomic mass is 10.0. The summed E-state index contributed by atoms with van der Waals surface area (Å²) in [6, 6.07) is 0.112. The summed E-state index contributed by atoms with van der Waals surface area (Å²) >= 11 is 0. The highest BCUT2D eigenvalue weighted by Gasteiger charge is 2.26. The Morgan fingerprint density at radius 3 is 2.61 bits per heavy atom. The highest BCUT2D eigenvalue weighted by Crippen LogP contribution is 2.18. The van der Waals surface area contributed by atoms with E-state index >= 15 is 0 Å². The van der Waals surface area contributed by atoms with Crippen LogP contribution in [0.25, 0.3) is 0 Å². The lowest BCUT2D eigenvalue weighted by Gasteiger charge is -2.27. The zero-order chi connectivity index (χ0) is 13.7. The highest BCUT2D eigenvalue weighted by atomic mass is 16.2. The average Bonchev–Trinajstić information content (AvgIpc) is 2.71. The van der Waals surface area contributed by atoms with Crippen LogP contribution in [0, 0.1) is 11.8 Å². The van der Waals surface area contributed by atoms with Crippen molar-refractivity contribution in [2.24, 2.45) is 17.6 Å². The topological polar surface area (TPSA) is 58.4 Å². The predicted molar refractivity (Wildman–Crippen MR) is 75.3 cm³/mol. The van der Waals surface area contributed by atoms with Gasteiger partial charge in [-0.1, -0.05) is 27.7 Å². The van der Waals surface area contributed by atoms with E-state index in [2.05, 4.69) is 24.1 Å². The third-order valence-electron chi connectivity index (χ3n) is 3.63. The number of hydrogen-bond acceptors (Lipinski definition) is 3. The second-order valence-corrected chi connectivity index (χ2v) is 6.20. The van der Waals surface area contributed by atoms with Crippen LogP contribution in [0.5, 0.6) is 0 Å². The zero-order valence-electron chi connectivity index (χ0n) is 12.3. The van der Waals surface area contributed by atoms with E-state index in [4.69, 9.17) is 5.73 Å². The average molecular weight is 255 g/mol. The van der Waals surface area contributed by atoms with Crippen molar-refractivity contribution in [3.63, 3.8) is 0 Å². The molecular weight excluding hydrogens is 226 g/mol. The first-order valence-corrected chi connectivity index (χ1v) is 7.19. The van der Waals surface area contributed by atoms with Crippen LogP contribution < -0.4 is 11.1 Å². The summed E-state index contributed by atoms with van der Waals surface area (Å²) < 4.78 is 0. The van der Waals surface area contributed by atoms with Gasteiger partial charge >= 0.3 is 0 Å². The van der Waals surface area contributed by atoms with Gasteiger partial charge in [0.2, 0.25) is 5.91 Å². The summed E-state index contributed by atoms with van der Waals surface area (Å²) in [6.45, 7) is 11.5.